The molecule has 2 amide bonds. The van der Waals surface area contributed by atoms with E-state index in [4.69, 9.17) is 11.6 Å². The fourth-order valence-corrected chi connectivity index (χ4v) is 3.06. The zero-order valence-electron chi connectivity index (χ0n) is 12.4. The van der Waals surface area contributed by atoms with E-state index in [0.29, 0.717) is 5.02 Å². The summed E-state index contributed by atoms with van der Waals surface area (Å²) in [6, 6.07) is 7.17. The molecule has 1 saturated carbocycles. The van der Waals surface area contributed by atoms with Crippen molar-refractivity contribution < 1.29 is 13.2 Å². The zero-order valence-corrected chi connectivity index (χ0v) is 13.9. The minimum atomic E-state index is -3.23. The van der Waals surface area contributed by atoms with Gasteiger partial charge in [0.25, 0.3) is 0 Å². The number of carbonyl (C=O) groups excluding carboxylic acids is 1. The van der Waals surface area contributed by atoms with Crippen molar-refractivity contribution in [3.63, 3.8) is 0 Å². The van der Waals surface area contributed by atoms with Crippen LogP contribution in [0.1, 0.15) is 24.8 Å². The number of benzene rings is 1. The predicted molar refractivity (Wildman–Crippen MR) is 86.4 cm³/mol. The number of hydrogen-bond donors (Lipinski definition) is 3. The highest BCUT2D eigenvalue weighted by molar-refractivity contribution is 7.88. The summed E-state index contributed by atoms with van der Waals surface area (Å²) < 4.78 is 24.2. The monoisotopic (exact) mass is 345 g/mol. The summed E-state index contributed by atoms with van der Waals surface area (Å²) in [7, 11) is -3.23. The highest BCUT2D eigenvalue weighted by Gasteiger charge is 2.39. The number of urea groups is 1. The molecule has 0 spiro atoms. The molecule has 1 aromatic rings. The van der Waals surface area contributed by atoms with Crippen LogP contribution in [0.15, 0.2) is 24.3 Å². The number of amides is 2. The van der Waals surface area contributed by atoms with Gasteiger partial charge in [-0.2, -0.15) is 0 Å². The van der Waals surface area contributed by atoms with Gasteiger partial charge in [-0.05, 0) is 37.0 Å². The predicted octanol–water partition coefficient (Wildman–Crippen LogP) is 1.57. The number of nitrogens with one attached hydrogen (secondary N) is 3. The second-order valence-electron chi connectivity index (χ2n) is 5.49. The second-order valence-corrected chi connectivity index (χ2v) is 7.76. The van der Waals surface area contributed by atoms with Crippen LogP contribution in [0.25, 0.3) is 0 Å². The van der Waals surface area contributed by atoms with Crippen molar-refractivity contribution in [1.82, 2.24) is 15.4 Å². The lowest BCUT2D eigenvalue weighted by Gasteiger charge is -2.43. The molecule has 8 heteroatoms. The molecule has 0 aromatic heterocycles. The Morgan fingerprint density at radius 3 is 2.36 bits per heavy atom. The van der Waals surface area contributed by atoms with Gasteiger partial charge in [-0.1, -0.05) is 23.7 Å². The van der Waals surface area contributed by atoms with Crippen LogP contribution < -0.4 is 15.4 Å². The molecule has 1 aromatic carbocycles. The van der Waals surface area contributed by atoms with Gasteiger partial charge in [0.1, 0.15) is 0 Å². The van der Waals surface area contributed by atoms with Crippen LogP contribution in [0, 0.1) is 0 Å². The topological polar surface area (TPSA) is 87.3 Å². The maximum Gasteiger partial charge on any atom is 0.315 e. The Morgan fingerprint density at radius 2 is 1.86 bits per heavy atom. The SMILES string of the molecule is CS(=O)(=O)NCCNC(=O)NC1(c2ccc(Cl)cc2)CCC1. The maximum atomic E-state index is 12.0. The van der Waals surface area contributed by atoms with Gasteiger partial charge >= 0.3 is 6.03 Å². The third kappa shape index (κ3) is 4.59. The standard InChI is InChI=1S/C14H20ClN3O3S/c1-22(20,21)17-10-9-16-13(19)18-14(7-2-8-14)11-3-5-12(15)6-4-11/h3-6,17H,2,7-10H2,1H3,(H2,16,18,19). The van der Waals surface area contributed by atoms with E-state index in [-0.39, 0.29) is 24.7 Å². The quantitative estimate of drug-likeness (QED) is 0.684. The normalized spacial score (nSPS) is 16.6. The molecule has 0 saturated heterocycles. The van der Waals surface area contributed by atoms with Gasteiger partial charge in [0.05, 0.1) is 11.8 Å². The van der Waals surface area contributed by atoms with Crippen LogP contribution in [-0.4, -0.2) is 33.8 Å². The van der Waals surface area contributed by atoms with E-state index in [0.717, 1.165) is 31.1 Å². The summed E-state index contributed by atoms with van der Waals surface area (Å²) >= 11 is 5.89. The first-order chi connectivity index (χ1) is 10.3. The summed E-state index contributed by atoms with van der Waals surface area (Å²) in [5, 5.41) is 6.31. The van der Waals surface area contributed by atoms with E-state index in [2.05, 4.69) is 15.4 Å². The molecule has 0 aliphatic heterocycles. The Kier molecular flexibility index (Phi) is 5.31. The van der Waals surface area contributed by atoms with Gasteiger partial charge in [-0.15, -0.1) is 0 Å². The molecule has 0 unspecified atom stereocenters. The van der Waals surface area contributed by atoms with Crippen molar-refractivity contribution >= 4 is 27.7 Å². The molecule has 0 radical (unpaired) electrons. The number of sulfonamides is 1. The third-order valence-electron chi connectivity index (χ3n) is 3.73. The van der Waals surface area contributed by atoms with Gasteiger partial charge in [-0.25, -0.2) is 17.9 Å². The minimum Gasteiger partial charge on any atom is -0.337 e. The molecule has 0 heterocycles. The molecule has 0 bridgehead atoms. The minimum absolute atomic E-state index is 0.167. The molecule has 2 rings (SSSR count). The van der Waals surface area contributed by atoms with E-state index in [1.165, 1.54) is 0 Å². The molecular formula is C14H20ClN3O3S. The third-order valence-corrected chi connectivity index (χ3v) is 4.71. The van der Waals surface area contributed by atoms with Crippen molar-refractivity contribution in [3.05, 3.63) is 34.9 Å². The second kappa shape index (κ2) is 6.85. The average molecular weight is 346 g/mol. The van der Waals surface area contributed by atoms with Gasteiger partial charge in [0.15, 0.2) is 0 Å². The molecule has 122 valence electrons. The maximum absolute atomic E-state index is 12.0. The molecule has 1 aliphatic rings. The average Bonchev–Trinajstić information content (AvgIpc) is 2.39. The van der Waals surface area contributed by atoms with Crippen molar-refractivity contribution in [1.29, 1.82) is 0 Å². The Hall–Kier alpha value is -1.31. The van der Waals surface area contributed by atoms with Crippen molar-refractivity contribution in [2.75, 3.05) is 19.3 Å². The first-order valence-electron chi connectivity index (χ1n) is 7.07. The number of halogens is 1. The molecule has 1 aliphatic carbocycles. The highest BCUT2D eigenvalue weighted by atomic mass is 35.5. The highest BCUT2D eigenvalue weighted by Crippen LogP contribution is 2.41. The Morgan fingerprint density at radius 1 is 1.23 bits per heavy atom. The van der Waals surface area contributed by atoms with E-state index in [1.807, 2.05) is 24.3 Å². The summed E-state index contributed by atoms with van der Waals surface area (Å²) in [6.45, 7) is 0.399. The van der Waals surface area contributed by atoms with Crippen molar-refractivity contribution in [2.45, 2.75) is 24.8 Å². The first-order valence-corrected chi connectivity index (χ1v) is 9.34. The molecule has 3 N–H and O–H groups in total. The van der Waals surface area contributed by atoms with Gasteiger partial charge < -0.3 is 10.6 Å². The Labute approximate surface area is 135 Å². The van der Waals surface area contributed by atoms with Crippen LogP contribution in [0.4, 0.5) is 4.79 Å². The summed E-state index contributed by atoms with van der Waals surface area (Å²) in [5.74, 6) is 0. The van der Waals surface area contributed by atoms with E-state index < -0.39 is 10.0 Å². The van der Waals surface area contributed by atoms with Gasteiger partial charge in [-0.3, -0.25) is 0 Å². The molecule has 6 nitrogen and oxygen atoms in total. The summed E-state index contributed by atoms with van der Waals surface area (Å²) in [6.07, 6.45) is 3.89. The smallest absolute Gasteiger partial charge is 0.315 e. The van der Waals surface area contributed by atoms with Crippen LogP contribution in [0.2, 0.25) is 5.02 Å². The Balaban J connectivity index is 1.87. The molecule has 22 heavy (non-hydrogen) atoms. The lowest BCUT2D eigenvalue weighted by Crippen LogP contribution is -2.54. The van der Waals surface area contributed by atoms with Crippen LogP contribution >= 0.6 is 11.6 Å². The van der Waals surface area contributed by atoms with Crippen LogP contribution in [-0.2, 0) is 15.6 Å². The molecule has 1 fully saturated rings. The lowest BCUT2D eigenvalue weighted by atomic mass is 9.72. The number of hydrogen-bond acceptors (Lipinski definition) is 3. The van der Waals surface area contributed by atoms with Crippen LogP contribution in [0.5, 0.6) is 0 Å². The Bertz CT molecular complexity index is 627. The zero-order chi connectivity index (χ0) is 16.2. The lowest BCUT2D eigenvalue weighted by molar-refractivity contribution is 0.177. The first kappa shape index (κ1) is 17.1. The largest absolute Gasteiger partial charge is 0.337 e. The van der Waals surface area contributed by atoms with Gasteiger partial charge in [0.2, 0.25) is 10.0 Å². The van der Waals surface area contributed by atoms with Gasteiger partial charge in [0, 0.05) is 18.1 Å². The van der Waals surface area contributed by atoms with E-state index in [1.54, 1.807) is 0 Å². The number of carbonyl (C=O) groups is 1. The fourth-order valence-electron chi connectivity index (χ4n) is 2.46. The van der Waals surface area contributed by atoms with Crippen LogP contribution in [0.3, 0.4) is 0 Å². The van der Waals surface area contributed by atoms with Crippen molar-refractivity contribution in [2.24, 2.45) is 0 Å². The molecule has 0 atom stereocenters. The fraction of sp³-hybridized carbons (Fsp3) is 0.500. The number of rotatable bonds is 6. The van der Waals surface area contributed by atoms with Crippen molar-refractivity contribution in [3.8, 4) is 0 Å². The summed E-state index contributed by atoms with van der Waals surface area (Å²) in [5.41, 5.74) is 0.686. The van der Waals surface area contributed by atoms with E-state index >= 15 is 0 Å². The van der Waals surface area contributed by atoms with E-state index in [9.17, 15) is 13.2 Å². The molecular weight excluding hydrogens is 326 g/mol. The summed E-state index contributed by atoms with van der Waals surface area (Å²) in [4.78, 5) is 12.0.